The fourth-order valence-electron chi connectivity index (χ4n) is 4.48. The average Bonchev–Trinajstić information content (AvgIpc) is 3.49. The van der Waals surface area contributed by atoms with E-state index in [1.54, 1.807) is 34.4 Å². The molecule has 8 nitrogen and oxygen atoms in total. The second-order valence-corrected chi connectivity index (χ2v) is 11.5. The number of halogens is 1. The third kappa shape index (κ3) is 6.17. The van der Waals surface area contributed by atoms with Gasteiger partial charge in [0.2, 0.25) is 5.91 Å². The van der Waals surface area contributed by atoms with E-state index in [2.05, 4.69) is 25.5 Å². The minimum atomic E-state index is -0.378. The van der Waals surface area contributed by atoms with Gasteiger partial charge in [0.1, 0.15) is 10.6 Å². The van der Waals surface area contributed by atoms with E-state index in [1.807, 2.05) is 32.3 Å². The van der Waals surface area contributed by atoms with Gasteiger partial charge in [-0.05, 0) is 56.3 Å². The highest BCUT2D eigenvalue weighted by Gasteiger charge is 2.25. The Morgan fingerprint density at radius 3 is 2.53 bits per heavy atom. The van der Waals surface area contributed by atoms with Crippen LogP contribution in [0.15, 0.2) is 48.7 Å². The first-order valence-electron chi connectivity index (χ1n) is 12.5. The van der Waals surface area contributed by atoms with E-state index in [4.69, 9.17) is 0 Å². The first kappa shape index (κ1) is 26.2. The summed E-state index contributed by atoms with van der Waals surface area (Å²) in [5, 5.41) is 7.17. The second-order valence-electron chi connectivity index (χ2n) is 9.47. The molecule has 4 heterocycles. The van der Waals surface area contributed by atoms with Gasteiger partial charge in [-0.1, -0.05) is 23.5 Å². The Balaban J connectivity index is 1.10. The predicted octanol–water partition coefficient (Wildman–Crippen LogP) is 5.02. The molecule has 4 aromatic rings. The van der Waals surface area contributed by atoms with E-state index < -0.39 is 0 Å². The third-order valence-electron chi connectivity index (χ3n) is 6.56. The van der Waals surface area contributed by atoms with Crippen LogP contribution in [-0.4, -0.2) is 71.9 Å². The first-order chi connectivity index (χ1) is 18.4. The van der Waals surface area contributed by atoms with Gasteiger partial charge in [-0.3, -0.25) is 14.6 Å². The molecule has 198 valence electrons. The van der Waals surface area contributed by atoms with Gasteiger partial charge in [-0.15, -0.1) is 11.3 Å². The SMILES string of the molecule is CN(C)C(=O)C1CCN(CCNc2nc3sc(C(=O)Nc4ccc(-c5ccc(F)cn5)cc4)cc3s2)CC1. The summed E-state index contributed by atoms with van der Waals surface area (Å²) in [5.41, 5.74) is 2.18. The molecule has 11 heteroatoms. The van der Waals surface area contributed by atoms with Crippen molar-refractivity contribution in [3.05, 3.63) is 59.4 Å². The molecule has 2 amide bonds. The molecule has 1 aliphatic heterocycles. The highest BCUT2D eigenvalue weighted by molar-refractivity contribution is 7.29. The van der Waals surface area contributed by atoms with E-state index in [0.717, 1.165) is 59.2 Å². The summed E-state index contributed by atoms with van der Waals surface area (Å²) in [6.07, 6.45) is 3.00. The van der Waals surface area contributed by atoms with Crippen LogP contribution in [0.2, 0.25) is 0 Å². The maximum absolute atomic E-state index is 13.1. The molecule has 0 spiro atoms. The number of hydrogen-bond acceptors (Lipinski definition) is 8. The number of thiazole rings is 1. The Kier molecular flexibility index (Phi) is 7.96. The minimum Gasteiger partial charge on any atom is -0.360 e. The van der Waals surface area contributed by atoms with Gasteiger partial charge in [-0.25, -0.2) is 9.37 Å². The number of likely N-dealkylation sites (tertiary alicyclic amines) is 1. The van der Waals surface area contributed by atoms with Crippen LogP contribution < -0.4 is 10.6 Å². The number of nitrogens with one attached hydrogen (secondary N) is 2. The number of carbonyl (C=O) groups is 2. The van der Waals surface area contributed by atoms with Crippen LogP contribution in [0.1, 0.15) is 22.5 Å². The molecule has 5 rings (SSSR count). The number of fused-ring (bicyclic) bond motifs is 1. The smallest absolute Gasteiger partial charge is 0.265 e. The first-order valence-corrected chi connectivity index (χ1v) is 14.1. The number of carbonyl (C=O) groups excluding carboxylic acids is 2. The molecule has 1 aliphatic rings. The summed E-state index contributed by atoms with van der Waals surface area (Å²) in [4.78, 5) is 39.2. The van der Waals surface area contributed by atoms with Crippen molar-refractivity contribution in [2.75, 3.05) is 50.9 Å². The average molecular weight is 553 g/mol. The van der Waals surface area contributed by atoms with Crippen molar-refractivity contribution in [1.29, 1.82) is 0 Å². The molecule has 3 aromatic heterocycles. The van der Waals surface area contributed by atoms with Gasteiger partial charge in [0.25, 0.3) is 5.91 Å². The van der Waals surface area contributed by atoms with Gasteiger partial charge in [0.05, 0.1) is 21.5 Å². The van der Waals surface area contributed by atoms with E-state index in [-0.39, 0.29) is 23.5 Å². The number of benzene rings is 1. The van der Waals surface area contributed by atoms with Crippen molar-refractivity contribution in [3.63, 3.8) is 0 Å². The van der Waals surface area contributed by atoms with E-state index in [0.29, 0.717) is 16.3 Å². The molecule has 38 heavy (non-hydrogen) atoms. The summed E-state index contributed by atoms with van der Waals surface area (Å²) in [6, 6.07) is 12.2. The van der Waals surface area contributed by atoms with Crippen molar-refractivity contribution in [1.82, 2.24) is 19.8 Å². The van der Waals surface area contributed by atoms with Crippen LogP contribution in [0.25, 0.3) is 20.8 Å². The van der Waals surface area contributed by atoms with E-state index in [9.17, 15) is 14.0 Å². The van der Waals surface area contributed by atoms with Crippen molar-refractivity contribution in [2.45, 2.75) is 12.8 Å². The molecular formula is C27H29FN6O2S2. The van der Waals surface area contributed by atoms with Gasteiger partial charge in [0, 0.05) is 44.4 Å². The van der Waals surface area contributed by atoms with Crippen LogP contribution in [0.3, 0.4) is 0 Å². The summed E-state index contributed by atoms with van der Waals surface area (Å²) in [7, 11) is 3.64. The molecule has 0 aliphatic carbocycles. The topological polar surface area (TPSA) is 90.5 Å². The van der Waals surface area contributed by atoms with E-state index >= 15 is 0 Å². The Bertz CT molecular complexity index is 1380. The van der Waals surface area contributed by atoms with Crippen LogP contribution >= 0.6 is 22.7 Å². The molecule has 0 saturated carbocycles. The standard InChI is InChI=1S/C27H29FN6O2S2/c1-33(2)26(36)18-9-12-34(13-10-18)14-11-29-27-32-25-23(38-27)15-22(37-25)24(35)31-20-6-3-17(4-7-20)21-8-5-19(28)16-30-21/h3-8,15-16,18H,9-14H2,1-2H3,(H,29,32)(H,31,35). The quantitative estimate of drug-likeness (QED) is 0.319. The Morgan fingerprint density at radius 1 is 1.11 bits per heavy atom. The highest BCUT2D eigenvalue weighted by atomic mass is 32.1. The van der Waals surface area contributed by atoms with Crippen molar-refractivity contribution in [3.8, 4) is 11.3 Å². The lowest BCUT2D eigenvalue weighted by Crippen LogP contribution is -2.41. The molecule has 1 saturated heterocycles. The zero-order valence-corrected chi connectivity index (χ0v) is 22.9. The summed E-state index contributed by atoms with van der Waals surface area (Å²) < 4.78 is 14.1. The van der Waals surface area contributed by atoms with Crippen LogP contribution in [0, 0.1) is 11.7 Å². The third-order valence-corrected chi connectivity index (χ3v) is 8.68. The normalized spacial score (nSPS) is 14.5. The van der Waals surface area contributed by atoms with Crippen molar-refractivity contribution >= 4 is 54.8 Å². The van der Waals surface area contributed by atoms with Crippen LogP contribution in [-0.2, 0) is 4.79 Å². The van der Waals surface area contributed by atoms with Crippen LogP contribution in [0.4, 0.5) is 15.2 Å². The van der Waals surface area contributed by atoms with Gasteiger partial charge < -0.3 is 20.4 Å². The maximum atomic E-state index is 13.1. The predicted molar refractivity (Wildman–Crippen MR) is 151 cm³/mol. The number of amides is 2. The van der Waals surface area contributed by atoms with Crippen molar-refractivity contribution < 1.29 is 14.0 Å². The molecule has 0 unspecified atom stereocenters. The zero-order chi connectivity index (χ0) is 26.6. The number of hydrogen-bond donors (Lipinski definition) is 2. The highest BCUT2D eigenvalue weighted by Crippen LogP contribution is 2.33. The van der Waals surface area contributed by atoms with Gasteiger partial charge in [0.15, 0.2) is 5.13 Å². The maximum Gasteiger partial charge on any atom is 0.265 e. The van der Waals surface area contributed by atoms with Crippen molar-refractivity contribution in [2.24, 2.45) is 5.92 Å². The molecule has 2 N–H and O–H groups in total. The lowest BCUT2D eigenvalue weighted by molar-refractivity contribution is -0.134. The minimum absolute atomic E-state index is 0.143. The number of rotatable bonds is 8. The molecule has 1 fully saturated rings. The number of anilines is 2. The van der Waals surface area contributed by atoms with E-state index in [1.165, 1.54) is 23.6 Å². The summed E-state index contributed by atoms with van der Waals surface area (Å²) in [6.45, 7) is 3.55. The molecular weight excluding hydrogens is 523 g/mol. The fraction of sp³-hybridized carbons (Fsp3) is 0.333. The summed E-state index contributed by atoms with van der Waals surface area (Å²) >= 11 is 2.91. The Labute approximate surface area is 228 Å². The molecule has 1 aromatic carbocycles. The van der Waals surface area contributed by atoms with Gasteiger partial charge in [-0.2, -0.15) is 0 Å². The monoisotopic (exact) mass is 552 g/mol. The second kappa shape index (κ2) is 11.5. The zero-order valence-electron chi connectivity index (χ0n) is 21.2. The lowest BCUT2D eigenvalue weighted by atomic mass is 9.95. The largest absolute Gasteiger partial charge is 0.360 e. The molecule has 0 atom stereocenters. The summed E-state index contributed by atoms with van der Waals surface area (Å²) in [5.74, 6) is -0.184. The number of piperidine rings is 1. The number of nitrogens with zero attached hydrogens (tertiary/aromatic N) is 4. The lowest BCUT2D eigenvalue weighted by Gasteiger charge is -2.32. The van der Waals surface area contributed by atoms with Crippen LogP contribution in [0.5, 0.6) is 0 Å². The number of pyridine rings is 1. The molecule has 0 bridgehead atoms. The Hall–Kier alpha value is -3.41. The molecule has 0 radical (unpaired) electrons. The Morgan fingerprint density at radius 2 is 1.87 bits per heavy atom. The van der Waals surface area contributed by atoms with Gasteiger partial charge >= 0.3 is 0 Å². The number of thiophene rings is 1. The number of aromatic nitrogens is 2. The fourth-order valence-corrected chi connectivity index (χ4v) is 6.51.